The molecule has 0 spiro atoms. The van der Waals surface area contributed by atoms with Crippen LogP contribution in [0.3, 0.4) is 0 Å². The van der Waals surface area contributed by atoms with Gasteiger partial charge in [-0.15, -0.1) is 0 Å². The van der Waals surface area contributed by atoms with E-state index < -0.39 is 42.5 Å². The minimum Gasteiger partial charge on any atom is -0.461 e. The van der Waals surface area contributed by atoms with Gasteiger partial charge >= 0.3 is 11.9 Å². The van der Waals surface area contributed by atoms with Crippen LogP contribution in [-0.4, -0.2) is 59.8 Å². The highest BCUT2D eigenvalue weighted by Crippen LogP contribution is 2.42. The van der Waals surface area contributed by atoms with Gasteiger partial charge in [-0.1, -0.05) is 0 Å². The number of hydrogen-bond acceptors (Lipinski definition) is 7. The number of fused-ring (bicyclic) bond motifs is 3. The topological polar surface area (TPSA) is 97.9 Å². The zero-order valence-corrected chi connectivity index (χ0v) is 10.6. The lowest BCUT2D eigenvalue weighted by atomic mass is 10.0. The van der Waals surface area contributed by atoms with Gasteiger partial charge in [0.25, 0.3) is 0 Å². The van der Waals surface area contributed by atoms with Crippen LogP contribution in [0, 0.1) is 0 Å². The van der Waals surface area contributed by atoms with Crippen LogP contribution >= 0.6 is 0 Å². The van der Waals surface area contributed by atoms with E-state index in [1.165, 1.54) is 6.92 Å². The summed E-state index contributed by atoms with van der Waals surface area (Å²) >= 11 is 0. The molecule has 3 heterocycles. The zero-order chi connectivity index (χ0) is 13.7. The Labute approximate surface area is 109 Å². The highest BCUT2D eigenvalue weighted by molar-refractivity contribution is 5.78. The molecule has 3 aliphatic rings. The van der Waals surface area contributed by atoms with Crippen molar-refractivity contribution in [3.05, 3.63) is 0 Å². The van der Waals surface area contributed by atoms with Crippen molar-refractivity contribution in [2.24, 2.45) is 0 Å². The quantitative estimate of drug-likeness (QED) is 0.490. The average Bonchev–Trinajstić information content (AvgIpc) is 3.16. The molecule has 3 saturated heterocycles. The zero-order valence-electron chi connectivity index (χ0n) is 10.6. The van der Waals surface area contributed by atoms with E-state index in [0.29, 0.717) is 0 Å². The number of epoxide rings is 2. The highest BCUT2D eigenvalue weighted by atomic mass is 16.7. The fourth-order valence-electron chi connectivity index (χ4n) is 2.56. The molecule has 0 aliphatic carbocycles. The number of rotatable bonds is 1. The summed E-state index contributed by atoms with van der Waals surface area (Å²) in [6, 6.07) is 0. The van der Waals surface area contributed by atoms with Gasteiger partial charge in [-0.05, 0) is 6.92 Å². The van der Waals surface area contributed by atoms with Crippen molar-refractivity contribution in [3.8, 4) is 0 Å². The molecule has 7 nitrogen and oxygen atoms in total. The van der Waals surface area contributed by atoms with E-state index in [4.69, 9.17) is 18.9 Å². The standard InChI is InChI=1S/C12H16O7/c1-4-3-6(17-5(2)13)7(14)8-9(18-8)10-11(19-10)12(15)16-4/h4,6-11,14H,3H2,1-2H3/t4-,6-,7-,8?,9?,10?,11?/m0/s1. The van der Waals surface area contributed by atoms with Gasteiger partial charge < -0.3 is 24.1 Å². The number of aliphatic hydroxyl groups is 1. The van der Waals surface area contributed by atoms with Gasteiger partial charge in [0.05, 0.1) is 0 Å². The first-order valence-electron chi connectivity index (χ1n) is 6.34. The Morgan fingerprint density at radius 2 is 2.05 bits per heavy atom. The van der Waals surface area contributed by atoms with Gasteiger partial charge in [-0.25, -0.2) is 4.79 Å². The SMILES string of the molecule is CC(=O)O[C@H]1C[C@H](C)OC(=O)C2OC2C2OC2[C@H]1O. The van der Waals surface area contributed by atoms with Crippen molar-refractivity contribution in [1.29, 1.82) is 0 Å². The number of ether oxygens (including phenoxy) is 4. The molecule has 7 atom stereocenters. The van der Waals surface area contributed by atoms with Crippen molar-refractivity contribution in [1.82, 2.24) is 0 Å². The van der Waals surface area contributed by atoms with Gasteiger partial charge in [0.2, 0.25) is 0 Å². The molecule has 1 N–H and O–H groups in total. The molecular formula is C12H16O7. The van der Waals surface area contributed by atoms with E-state index in [1.54, 1.807) is 6.92 Å². The Morgan fingerprint density at radius 3 is 2.74 bits per heavy atom. The summed E-state index contributed by atoms with van der Waals surface area (Å²) in [4.78, 5) is 22.8. The van der Waals surface area contributed by atoms with Crippen molar-refractivity contribution >= 4 is 11.9 Å². The lowest BCUT2D eigenvalue weighted by molar-refractivity contribution is -0.160. The summed E-state index contributed by atoms with van der Waals surface area (Å²) in [7, 11) is 0. The van der Waals surface area contributed by atoms with Gasteiger partial charge in [0.1, 0.15) is 36.6 Å². The Kier molecular flexibility index (Phi) is 2.99. The maximum Gasteiger partial charge on any atom is 0.338 e. The molecule has 3 aliphatic heterocycles. The second kappa shape index (κ2) is 4.43. The van der Waals surface area contributed by atoms with E-state index >= 15 is 0 Å². The smallest absolute Gasteiger partial charge is 0.338 e. The third kappa shape index (κ3) is 2.45. The van der Waals surface area contributed by atoms with Crippen LogP contribution in [0.2, 0.25) is 0 Å². The molecule has 106 valence electrons. The Balaban J connectivity index is 1.75. The molecule has 0 aromatic heterocycles. The van der Waals surface area contributed by atoms with Crippen LogP contribution < -0.4 is 0 Å². The second-order valence-electron chi connectivity index (χ2n) is 5.21. The molecule has 19 heavy (non-hydrogen) atoms. The normalized spacial score (nSPS) is 48.4. The van der Waals surface area contributed by atoms with Gasteiger partial charge in [0.15, 0.2) is 6.10 Å². The highest BCUT2D eigenvalue weighted by Gasteiger charge is 2.64. The van der Waals surface area contributed by atoms with E-state index in [0.717, 1.165) is 0 Å². The van der Waals surface area contributed by atoms with Crippen molar-refractivity contribution < 1.29 is 33.6 Å². The van der Waals surface area contributed by atoms with Gasteiger partial charge in [0, 0.05) is 13.3 Å². The molecule has 3 fully saturated rings. The first kappa shape index (κ1) is 12.8. The molecule has 0 amide bonds. The summed E-state index contributed by atoms with van der Waals surface area (Å²) in [5.74, 6) is -0.915. The summed E-state index contributed by atoms with van der Waals surface area (Å²) in [6.07, 6.45) is -3.62. The molecule has 0 bridgehead atoms. The minimum atomic E-state index is -0.932. The molecular weight excluding hydrogens is 256 g/mol. The maximum atomic E-state index is 11.7. The van der Waals surface area contributed by atoms with Crippen LogP contribution in [0.25, 0.3) is 0 Å². The monoisotopic (exact) mass is 272 g/mol. The maximum absolute atomic E-state index is 11.7. The molecule has 7 heteroatoms. The van der Waals surface area contributed by atoms with Crippen LogP contribution in [0.15, 0.2) is 0 Å². The van der Waals surface area contributed by atoms with E-state index in [-0.39, 0.29) is 18.6 Å². The lowest BCUT2D eigenvalue weighted by Gasteiger charge is -2.25. The van der Waals surface area contributed by atoms with Crippen LogP contribution in [0.1, 0.15) is 20.3 Å². The molecule has 0 aromatic carbocycles. The average molecular weight is 272 g/mol. The van der Waals surface area contributed by atoms with E-state index in [1.807, 2.05) is 0 Å². The number of hydrogen-bond donors (Lipinski definition) is 1. The van der Waals surface area contributed by atoms with Crippen LogP contribution in [0.5, 0.6) is 0 Å². The molecule has 0 radical (unpaired) electrons. The molecule has 3 rings (SSSR count). The van der Waals surface area contributed by atoms with Crippen LogP contribution in [-0.2, 0) is 28.5 Å². The largest absolute Gasteiger partial charge is 0.461 e. The van der Waals surface area contributed by atoms with Crippen LogP contribution in [0.4, 0.5) is 0 Å². The number of carbonyl (C=O) groups excluding carboxylic acids is 2. The van der Waals surface area contributed by atoms with Crippen molar-refractivity contribution in [2.75, 3.05) is 0 Å². The fraction of sp³-hybridized carbons (Fsp3) is 0.833. The number of esters is 2. The predicted molar refractivity (Wildman–Crippen MR) is 59.1 cm³/mol. The predicted octanol–water partition coefficient (Wildman–Crippen LogP) is -0.851. The molecule has 0 saturated carbocycles. The Bertz CT molecular complexity index is 409. The van der Waals surface area contributed by atoms with Gasteiger partial charge in [-0.3, -0.25) is 4.79 Å². The first-order valence-corrected chi connectivity index (χ1v) is 6.34. The molecule has 4 unspecified atom stereocenters. The Morgan fingerprint density at radius 1 is 1.32 bits per heavy atom. The third-order valence-electron chi connectivity index (χ3n) is 3.56. The fourth-order valence-corrected chi connectivity index (χ4v) is 2.56. The summed E-state index contributed by atoms with van der Waals surface area (Å²) in [5, 5.41) is 10.2. The second-order valence-corrected chi connectivity index (χ2v) is 5.21. The molecule has 0 aromatic rings. The van der Waals surface area contributed by atoms with Gasteiger partial charge in [-0.2, -0.15) is 0 Å². The van der Waals surface area contributed by atoms with E-state index in [2.05, 4.69) is 0 Å². The summed E-state index contributed by atoms with van der Waals surface area (Å²) in [6.45, 7) is 2.96. The summed E-state index contributed by atoms with van der Waals surface area (Å²) in [5.41, 5.74) is 0. The lowest BCUT2D eigenvalue weighted by Crippen LogP contribution is -2.40. The third-order valence-corrected chi connectivity index (χ3v) is 3.56. The van der Waals surface area contributed by atoms with E-state index in [9.17, 15) is 14.7 Å². The summed E-state index contributed by atoms with van der Waals surface area (Å²) < 4.78 is 20.8. The van der Waals surface area contributed by atoms with Crippen molar-refractivity contribution in [3.63, 3.8) is 0 Å². The number of aliphatic hydroxyl groups excluding tert-OH is 1. The Hall–Kier alpha value is -1.18. The van der Waals surface area contributed by atoms with Crippen molar-refractivity contribution in [2.45, 2.75) is 63.0 Å². The first-order chi connectivity index (χ1) is 8.97. The number of cyclic esters (lactones) is 1. The minimum absolute atomic E-state index is 0.233. The number of carbonyl (C=O) groups is 2.